The summed E-state index contributed by atoms with van der Waals surface area (Å²) in [5.74, 6) is 1.53. The highest BCUT2D eigenvalue weighted by Gasteiger charge is 2.35. The molecule has 4 heterocycles. The molecule has 2 amide bonds. The molecule has 0 aromatic carbocycles. The smallest absolute Gasteiger partial charge is 0.245 e. The lowest BCUT2D eigenvalue weighted by Gasteiger charge is -2.39. The van der Waals surface area contributed by atoms with E-state index < -0.39 is 11.6 Å². The van der Waals surface area contributed by atoms with Crippen molar-refractivity contribution in [2.24, 2.45) is 0 Å². The van der Waals surface area contributed by atoms with Crippen LogP contribution in [0.15, 0.2) is 18.7 Å². The number of nitrogens with one attached hydrogen (secondary N) is 2. The van der Waals surface area contributed by atoms with Crippen molar-refractivity contribution in [2.45, 2.75) is 59.2 Å². The Balaban J connectivity index is 1.67. The fourth-order valence-electron chi connectivity index (χ4n) is 4.11. The monoisotopic (exact) mass is 451 g/mol. The maximum atomic E-state index is 13.3. The molecule has 1 aliphatic rings. The summed E-state index contributed by atoms with van der Waals surface area (Å²) < 4.78 is 1.97. The van der Waals surface area contributed by atoms with Gasteiger partial charge in [-0.15, -0.1) is 0 Å². The summed E-state index contributed by atoms with van der Waals surface area (Å²) in [6.45, 7) is 10.7. The number of hydrogen-bond donors (Lipinski definition) is 2. The molecule has 3 aromatic rings. The highest BCUT2D eigenvalue weighted by atomic mass is 16.2. The molecule has 0 spiro atoms. The first kappa shape index (κ1) is 22.6. The van der Waals surface area contributed by atoms with Crippen LogP contribution in [-0.4, -0.2) is 70.9 Å². The number of fused-ring (bicyclic) bond motifs is 1. The van der Waals surface area contributed by atoms with E-state index in [1.165, 1.54) is 6.33 Å². The number of carbonyl (C=O) groups excluding carboxylic acids is 2. The topological polar surface area (TPSA) is 131 Å². The van der Waals surface area contributed by atoms with Crippen LogP contribution < -0.4 is 10.6 Å². The van der Waals surface area contributed by atoms with Crippen molar-refractivity contribution in [3.63, 3.8) is 0 Å². The number of carbonyl (C=O) groups is 2. The number of imidazole rings is 1. The molecule has 11 heteroatoms. The Labute approximate surface area is 192 Å². The molecule has 11 nitrogen and oxygen atoms in total. The lowest BCUT2D eigenvalue weighted by atomic mass is 10.0. The first-order valence-corrected chi connectivity index (χ1v) is 11.1. The maximum absolute atomic E-state index is 13.3. The van der Waals surface area contributed by atoms with E-state index in [9.17, 15) is 9.59 Å². The third-order valence-electron chi connectivity index (χ3n) is 5.61. The molecule has 4 rings (SSSR count). The van der Waals surface area contributed by atoms with Gasteiger partial charge in [-0.2, -0.15) is 0 Å². The molecule has 33 heavy (non-hydrogen) atoms. The fraction of sp³-hybridized carbons (Fsp3) is 0.500. The standard InChI is InChI=1S/C22H29N9O2/c1-6-15(21(33)30-10-16(32)29-22(4,5)11-30)27-18-17-20(26-12-25-18)31(7-2)19(28-17)14-8-23-13(3)24-9-14/h8-9,12,15H,6-7,10-11H2,1-5H3,(H,29,32)(H,25,26,27)/t15-/m0/s1. The van der Waals surface area contributed by atoms with Crippen LogP contribution in [0.25, 0.3) is 22.6 Å². The Hall–Kier alpha value is -3.63. The molecule has 1 saturated heterocycles. The van der Waals surface area contributed by atoms with Gasteiger partial charge in [-0.1, -0.05) is 6.92 Å². The second kappa shape index (κ2) is 8.72. The van der Waals surface area contributed by atoms with Crippen LogP contribution in [0.1, 0.15) is 39.9 Å². The van der Waals surface area contributed by atoms with Gasteiger partial charge in [0.05, 0.1) is 17.6 Å². The van der Waals surface area contributed by atoms with Gasteiger partial charge in [0, 0.05) is 25.5 Å². The van der Waals surface area contributed by atoms with Crippen molar-refractivity contribution in [3.8, 4) is 11.4 Å². The van der Waals surface area contributed by atoms with E-state index in [1.807, 2.05) is 39.2 Å². The predicted molar refractivity (Wildman–Crippen MR) is 123 cm³/mol. The summed E-state index contributed by atoms with van der Waals surface area (Å²) in [7, 11) is 0. The third kappa shape index (κ3) is 4.48. The average molecular weight is 452 g/mol. The zero-order valence-electron chi connectivity index (χ0n) is 19.6. The first-order chi connectivity index (χ1) is 15.7. The molecule has 0 unspecified atom stereocenters. The van der Waals surface area contributed by atoms with Crippen molar-refractivity contribution in [3.05, 3.63) is 24.5 Å². The summed E-state index contributed by atoms with van der Waals surface area (Å²) >= 11 is 0. The van der Waals surface area contributed by atoms with E-state index >= 15 is 0 Å². The summed E-state index contributed by atoms with van der Waals surface area (Å²) in [6.07, 6.45) is 5.45. The van der Waals surface area contributed by atoms with Gasteiger partial charge in [0.2, 0.25) is 11.8 Å². The number of aryl methyl sites for hydroxylation is 2. The number of anilines is 1. The Morgan fingerprint density at radius 1 is 1.21 bits per heavy atom. The molecule has 1 aliphatic heterocycles. The molecule has 2 N–H and O–H groups in total. The van der Waals surface area contributed by atoms with E-state index in [4.69, 9.17) is 4.98 Å². The van der Waals surface area contributed by atoms with Crippen LogP contribution >= 0.6 is 0 Å². The van der Waals surface area contributed by atoms with Crippen LogP contribution in [0.4, 0.5) is 5.82 Å². The average Bonchev–Trinajstić information content (AvgIpc) is 3.15. The minimum atomic E-state index is -0.553. The number of aromatic nitrogens is 6. The zero-order valence-corrected chi connectivity index (χ0v) is 19.6. The predicted octanol–water partition coefficient (Wildman–Crippen LogP) is 1.54. The van der Waals surface area contributed by atoms with Gasteiger partial charge in [0.25, 0.3) is 0 Å². The van der Waals surface area contributed by atoms with E-state index in [2.05, 4.69) is 30.6 Å². The van der Waals surface area contributed by atoms with Gasteiger partial charge in [0.15, 0.2) is 17.0 Å². The van der Waals surface area contributed by atoms with Crippen molar-refractivity contribution in [1.29, 1.82) is 0 Å². The minimum Gasteiger partial charge on any atom is -0.356 e. The number of rotatable bonds is 6. The summed E-state index contributed by atoms with van der Waals surface area (Å²) in [4.78, 5) is 49.1. The maximum Gasteiger partial charge on any atom is 0.245 e. The first-order valence-electron chi connectivity index (χ1n) is 11.1. The van der Waals surface area contributed by atoms with Crippen LogP contribution in [0, 0.1) is 6.92 Å². The summed E-state index contributed by atoms with van der Waals surface area (Å²) in [5, 5.41) is 6.16. The van der Waals surface area contributed by atoms with E-state index in [0.29, 0.717) is 48.1 Å². The molecular weight excluding hydrogens is 422 g/mol. The van der Waals surface area contributed by atoms with E-state index in [1.54, 1.807) is 17.3 Å². The fourth-order valence-corrected chi connectivity index (χ4v) is 4.11. The van der Waals surface area contributed by atoms with Gasteiger partial charge in [-0.3, -0.25) is 9.59 Å². The van der Waals surface area contributed by atoms with E-state index in [-0.39, 0.29) is 18.4 Å². The summed E-state index contributed by atoms with van der Waals surface area (Å²) in [6, 6.07) is -0.553. The van der Waals surface area contributed by atoms with Crippen molar-refractivity contribution < 1.29 is 9.59 Å². The summed E-state index contributed by atoms with van der Waals surface area (Å²) in [5.41, 5.74) is 1.52. The molecule has 1 atom stereocenters. The number of nitrogens with zero attached hydrogens (tertiary/aromatic N) is 7. The Bertz CT molecular complexity index is 1190. The molecule has 0 radical (unpaired) electrons. The molecule has 1 fully saturated rings. The van der Waals surface area contributed by atoms with Gasteiger partial charge in [-0.05, 0) is 34.1 Å². The molecule has 0 bridgehead atoms. The SMILES string of the molecule is CC[C@H](Nc1ncnc2c1nc(-c1cnc(C)nc1)n2CC)C(=O)N1CC(=O)NC(C)(C)C1. The van der Waals surface area contributed by atoms with Gasteiger partial charge in [0.1, 0.15) is 24.0 Å². The largest absolute Gasteiger partial charge is 0.356 e. The number of hydrogen-bond acceptors (Lipinski definition) is 8. The highest BCUT2D eigenvalue weighted by Crippen LogP contribution is 2.27. The van der Waals surface area contributed by atoms with Crippen molar-refractivity contribution >= 4 is 28.8 Å². The molecule has 174 valence electrons. The normalized spacial score (nSPS) is 16.5. The molecule has 3 aromatic heterocycles. The Morgan fingerprint density at radius 3 is 2.58 bits per heavy atom. The van der Waals surface area contributed by atoms with Crippen LogP contribution in [0.5, 0.6) is 0 Å². The van der Waals surface area contributed by atoms with Crippen LogP contribution in [-0.2, 0) is 16.1 Å². The van der Waals surface area contributed by atoms with Crippen LogP contribution in [0.2, 0.25) is 0 Å². The molecule has 0 aliphatic carbocycles. The van der Waals surface area contributed by atoms with Gasteiger partial charge in [-0.25, -0.2) is 24.9 Å². The number of amides is 2. The van der Waals surface area contributed by atoms with Crippen molar-refractivity contribution in [1.82, 2.24) is 39.7 Å². The Kier molecular flexibility index (Phi) is 5.96. The quantitative estimate of drug-likeness (QED) is 0.577. The van der Waals surface area contributed by atoms with E-state index in [0.717, 1.165) is 5.56 Å². The van der Waals surface area contributed by atoms with Gasteiger partial charge < -0.3 is 20.1 Å². The lowest BCUT2D eigenvalue weighted by molar-refractivity contribution is -0.141. The van der Waals surface area contributed by atoms with Crippen molar-refractivity contribution in [2.75, 3.05) is 18.4 Å². The molecule has 0 saturated carbocycles. The minimum absolute atomic E-state index is 0.0433. The molecular formula is C22H29N9O2. The van der Waals surface area contributed by atoms with Gasteiger partial charge >= 0.3 is 0 Å². The van der Waals surface area contributed by atoms with Crippen LogP contribution in [0.3, 0.4) is 0 Å². The Morgan fingerprint density at radius 2 is 1.94 bits per heavy atom. The zero-order chi connectivity index (χ0) is 23.8. The second-order valence-electron chi connectivity index (χ2n) is 8.82. The third-order valence-corrected chi connectivity index (χ3v) is 5.61. The number of piperazine rings is 1. The highest BCUT2D eigenvalue weighted by molar-refractivity contribution is 5.93. The second-order valence-corrected chi connectivity index (χ2v) is 8.82. The lowest BCUT2D eigenvalue weighted by Crippen LogP contribution is -2.62.